The van der Waals surface area contributed by atoms with Crippen LogP contribution in [0.1, 0.15) is 19.4 Å². The Morgan fingerprint density at radius 3 is 2.76 bits per heavy atom. The Balaban J connectivity index is 2.13. The fourth-order valence-corrected chi connectivity index (χ4v) is 2.03. The quantitative estimate of drug-likeness (QED) is 0.752. The number of hydrazone groups is 1. The summed E-state index contributed by atoms with van der Waals surface area (Å²) in [7, 11) is 0. The zero-order valence-corrected chi connectivity index (χ0v) is 11.5. The highest BCUT2D eigenvalue weighted by atomic mass is 16.5. The highest BCUT2D eigenvalue weighted by Crippen LogP contribution is 2.21. The van der Waals surface area contributed by atoms with Gasteiger partial charge in [-0.05, 0) is 25.1 Å². The van der Waals surface area contributed by atoms with Crippen LogP contribution in [0.2, 0.25) is 0 Å². The topological polar surface area (TPSA) is 72.1 Å². The Morgan fingerprint density at radius 2 is 2.10 bits per heavy atom. The first kappa shape index (κ1) is 13.1. The summed E-state index contributed by atoms with van der Waals surface area (Å²) in [6.45, 7) is 3.08. The van der Waals surface area contributed by atoms with Crippen LogP contribution in [0, 0.1) is 0 Å². The monoisotopic (exact) mass is 284 g/mol. The maximum absolute atomic E-state index is 12.0. The van der Waals surface area contributed by atoms with Crippen molar-refractivity contribution in [2.45, 2.75) is 13.8 Å². The van der Waals surface area contributed by atoms with Crippen LogP contribution in [0.4, 0.5) is 0 Å². The number of fused-ring (bicyclic) bond motifs is 1. The first-order valence-corrected chi connectivity index (χ1v) is 6.37. The smallest absolute Gasteiger partial charge is 0.349 e. The number of carbonyl (C=O) groups excluding carboxylic acids is 1. The van der Waals surface area contributed by atoms with Crippen molar-refractivity contribution in [3.05, 3.63) is 58.3 Å². The molecule has 0 saturated heterocycles. The normalized spacial score (nSPS) is 16.2. The van der Waals surface area contributed by atoms with Crippen molar-refractivity contribution < 1.29 is 13.9 Å². The standard InChI is InChI=1S/C15H12N2O4/c1-3-13-17(9(2)18)16-14(21-13)11-8-10-6-4-5-7-12(10)20-15(11)19/h3-8H,1-2H3/b13-3+. The van der Waals surface area contributed by atoms with Crippen molar-refractivity contribution in [3.63, 3.8) is 0 Å². The van der Waals surface area contributed by atoms with Gasteiger partial charge in [0.2, 0.25) is 11.8 Å². The fraction of sp³-hybridized carbons (Fsp3) is 0.133. The van der Waals surface area contributed by atoms with E-state index >= 15 is 0 Å². The van der Waals surface area contributed by atoms with E-state index < -0.39 is 5.63 Å². The third-order valence-electron chi connectivity index (χ3n) is 3.02. The molecule has 3 rings (SSSR count). The van der Waals surface area contributed by atoms with Crippen LogP contribution >= 0.6 is 0 Å². The molecule has 0 N–H and O–H groups in total. The summed E-state index contributed by atoms with van der Waals surface area (Å²) >= 11 is 0. The minimum atomic E-state index is -0.562. The molecule has 1 aromatic carbocycles. The molecule has 0 radical (unpaired) electrons. The van der Waals surface area contributed by atoms with E-state index in [0.29, 0.717) is 5.58 Å². The fourth-order valence-electron chi connectivity index (χ4n) is 2.03. The van der Waals surface area contributed by atoms with E-state index in [-0.39, 0.29) is 23.3 Å². The van der Waals surface area contributed by atoms with Crippen molar-refractivity contribution in [2.75, 3.05) is 0 Å². The molecule has 2 aromatic rings. The Bertz CT molecular complexity index is 848. The van der Waals surface area contributed by atoms with Gasteiger partial charge in [-0.3, -0.25) is 4.79 Å². The number of carbonyl (C=O) groups is 1. The molecule has 0 spiro atoms. The molecule has 6 heteroatoms. The zero-order valence-electron chi connectivity index (χ0n) is 11.5. The maximum Gasteiger partial charge on any atom is 0.349 e. The van der Waals surface area contributed by atoms with Crippen molar-refractivity contribution in [1.82, 2.24) is 5.01 Å². The van der Waals surface area contributed by atoms with Crippen molar-refractivity contribution >= 4 is 22.8 Å². The van der Waals surface area contributed by atoms with Crippen LogP contribution in [0.3, 0.4) is 0 Å². The predicted molar refractivity (Wildman–Crippen MR) is 76.4 cm³/mol. The maximum atomic E-state index is 12.0. The van der Waals surface area contributed by atoms with E-state index in [1.54, 1.807) is 31.2 Å². The van der Waals surface area contributed by atoms with Gasteiger partial charge in [-0.1, -0.05) is 18.2 Å². The molecule has 0 unspecified atom stereocenters. The molecular weight excluding hydrogens is 272 g/mol. The molecule has 0 saturated carbocycles. The number of rotatable bonds is 1. The van der Waals surface area contributed by atoms with Crippen LogP contribution in [-0.4, -0.2) is 16.8 Å². The van der Waals surface area contributed by atoms with Gasteiger partial charge >= 0.3 is 5.63 Å². The van der Waals surface area contributed by atoms with Crippen LogP contribution in [0.25, 0.3) is 11.0 Å². The molecular formula is C15H12N2O4. The molecule has 0 aliphatic carbocycles. The molecule has 21 heavy (non-hydrogen) atoms. The molecule has 1 aliphatic rings. The van der Waals surface area contributed by atoms with Gasteiger partial charge in [0.25, 0.3) is 5.90 Å². The predicted octanol–water partition coefficient (Wildman–Crippen LogP) is 2.19. The van der Waals surface area contributed by atoms with E-state index in [1.165, 1.54) is 6.92 Å². The molecule has 1 aromatic heterocycles. The SMILES string of the molecule is C/C=C1/OC(c2cc3ccccc3oc2=O)=NN1C(C)=O. The van der Waals surface area contributed by atoms with Gasteiger partial charge in [0.1, 0.15) is 11.1 Å². The third-order valence-corrected chi connectivity index (χ3v) is 3.02. The van der Waals surface area contributed by atoms with Gasteiger partial charge in [0.15, 0.2) is 0 Å². The number of nitrogens with zero attached hydrogens (tertiary/aromatic N) is 2. The van der Waals surface area contributed by atoms with E-state index in [1.807, 2.05) is 12.1 Å². The number of hydrogen-bond acceptors (Lipinski definition) is 5. The Labute approximate surface area is 119 Å². The first-order valence-electron chi connectivity index (χ1n) is 6.37. The summed E-state index contributed by atoms with van der Waals surface area (Å²) < 4.78 is 10.7. The highest BCUT2D eigenvalue weighted by molar-refractivity contribution is 5.99. The number of amides is 1. The minimum Gasteiger partial charge on any atom is -0.422 e. The van der Waals surface area contributed by atoms with Gasteiger partial charge < -0.3 is 9.15 Å². The van der Waals surface area contributed by atoms with Gasteiger partial charge in [-0.2, -0.15) is 5.01 Å². The molecule has 0 fully saturated rings. The van der Waals surface area contributed by atoms with Gasteiger partial charge in [0, 0.05) is 12.3 Å². The Kier molecular flexibility index (Phi) is 3.06. The number of allylic oxidation sites excluding steroid dienone is 1. The first-order chi connectivity index (χ1) is 10.1. The molecule has 0 atom stereocenters. The van der Waals surface area contributed by atoms with Crippen molar-refractivity contribution in [2.24, 2.45) is 5.10 Å². The minimum absolute atomic E-state index is 0.0535. The van der Waals surface area contributed by atoms with E-state index in [2.05, 4.69) is 5.10 Å². The zero-order chi connectivity index (χ0) is 15.0. The lowest BCUT2D eigenvalue weighted by molar-refractivity contribution is -0.127. The second kappa shape index (κ2) is 4.90. The summed E-state index contributed by atoms with van der Waals surface area (Å²) in [5.74, 6) is 0.0196. The van der Waals surface area contributed by atoms with Gasteiger partial charge in [0.05, 0.1) is 0 Å². The number of para-hydroxylation sites is 1. The summed E-state index contributed by atoms with van der Waals surface area (Å²) in [6.07, 6.45) is 1.60. The van der Waals surface area contributed by atoms with Gasteiger partial charge in [-0.15, -0.1) is 5.10 Å². The number of hydrogen-bond donors (Lipinski definition) is 0. The van der Waals surface area contributed by atoms with E-state index in [0.717, 1.165) is 10.4 Å². The highest BCUT2D eigenvalue weighted by Gasteiger charge is 2.28. The lowest BCUT2D eigenvalue weighted by Gasteiger charge is -2.07. The largest absolute Gasteiger partial charge is 0.422 e. The van der Waals surface area contributed by atoms with Crippen LogP contribution in [0.15, 0.2) is 56.6 Å². The lowest BCUT2D eigenvalue weighted by atomic mass is 10.2. The van der Waals surface area contributed by atoms with Crippen molar-refractivity contribution in [3.8, 4) is 0 Å². The van der Waals surface area contributed by atoms with E-state index in [9.17, 15) is 9.59 Å². The molecule has 1 amide bonds. The molecule has 2 heterocycles. The second-order valence-corrected chi connectivity index (χ2v) is 4.45. The third kappa shape index (κ3) is 2.20. The van der Waals surface area contributed by atoms with Crippen LogP contribution in [-0.2, 0) is 9.53 Å². The second-order valence-electron chi connectivity index (χ2n) is 4.45. The van der Waals surface area contributed by atoms with Gasteiger partial charge in [-0.25, -0.2) is 4.79 Å². The number of ether oxygens (including phenoxy) is 1. The molecule has 1 aliphatic heterocycles. The molecule has 6 nitrogen and oxygen atoms in total. The Morgan fingerprint density at radius 1 is 1.33 bits per heavy atom. The Hall–Kier alpha value is -2.89. The van der Waals surface area contributed by atoms with Crippen molar-refractivity contribution in [1.29, 1.82) is 0 Å². The lowest BCUT2D eigenvalue weighted by Crippen LogP contribution is -2.18. The average Bonchev–Trinajstić information content (AvgIpc) is 2.90. The summed E-state index contributed by atoms with van der Waals surface area (Å²) in [5, 5.41) is 5.88. The molecule has 0 bridgehead atoms. The van der Waals surface area contributed by atoms with Crippen LogP contribution in [0.5, 0.6) is 0 Å². The number of benzene rings is 1. The summed E-state index contributed by atoms with van der Waals surface area (Å²) in [6, 6.07) is 8.78. The average molecular weight is 284 g/mol. The summed E-state index contributed by atoms with van der Waals surface area (Å²) in [4.78, 5) is 23.5. The molecule has 106 valence electrons. The summed E-state index contributed by atoms with van der Waals surface area (Å²) in [5.41, 5.74) is 0.102. The van der Waals surface area contributed by atoms with E-state index in [4.69, 9.17) is 9.15 Å². The van der Waals surface area contributed by atoms with Crippen LogP contribution < -0.4 is 5.63 Å².